The highest BCUT2D eigenvalue weighted by atomic mass is 19.1. The number of benzene rings is 1. The molecule has 1 atom stereocenters. The lowest BCUT2D eigenvalue weighted by Crippen LogP contribution is -2.43. The van der Waals surface area contributed by atoms with Crippen molar-refractivity contribution >= 4 is 0 Å². The molecule has 3 nitrogen and oxygen atoms in total. The molecule has 0 bridgehead atoms. The van der Waals surface area contributed by atoms with Crippen LogP contribution in [0.15, 0.2) is 24.3 Å². The van der Waals surface area contributed by atoms with Crippen molar-refractivity contribution < 1.29 is 9.50 Å². The fourth-order valence-corrected chi connectivity index (χ4v) is 2.15. The Balaban J connectivity index is 2.93. The van der Waals surface area contributed by atoms with E-state index in [9.17, 15) is 9.50 Å². The van der Waals surface area contributed by atoms with E-state index in [1.54, 1.807) is 19.9 Å². The van der Waals surface area contributed by atoms with Crippen LogP contribution >= 0.6 is 0 Å². The molecular weight excluding hydrogens is 231 g/mol. The zero-order valence-electron chi connectivity index (χ0n) is 11.4. The zero-order valence-corrected chi connectivity index (χ0v) is 11.4. The molecule has 102 valence electrons. The molecule has 0 saturated carbocycles. The average Bonchev–Trinajstić information content (AvgIpc) is 2.27. The first-order chi connectivity index (χ1) is 8.37. The van der Waals surface area contributed by atoms with Crippen molar-refractivity contribution in [2.24, 2.45) is 5.73 Å². The van der Waals surface area contributed by atoms with Crippen LogP contribution < -0.4 is 5.73 Å². The number of rotatable bonds is 6. The molecule has 0 fully saturated rings. The first kappa shape index (κ1) is 15.1. The van der Waals surface area contributed by atoms with Gasteiger partial charge in [-0.2, -0.15) is 0 Å². The number of halogens is 1. The standard InChI is InChI=1S/C14H23FN2O/c1-4-17(10-14(2,3)18)13(9-16)11-6-5-7-12(15)8-11/h5-8,13,18H,4,9-10,16H2,1-3H3. The molecule has 1 aromatic carbocycles. The third-order valence-electron chi connectivity index (χ3n) is 2.89. The first-order valence-corrected chi connectivity index (χ1v) is 6.29. The molecule has 0 radical (unpaired) electrons. The van der Waals surface area contributed by atoms with Gasteiger partial charge in [0.25, 0.3) is 0 Å². The molecule has 0 spiro atoms. The summed E-state index contributed by atoms with van der Waals surface area (Å²) in [6.45, 7) is 7.18. The zero-order chi connectivity index (χ0) is 13.8. The Labute approximate surface area is 108 Å². The minimum absolute atomic E-state index is 0.0721. The molecule has 0 heterocycles. The first-order valence-electron chi connectivity index (χ1n) is 6.29. The van der Waals surface area contributed by atoms with Crippen LogP contribution in [0.1, 0.15) is 32.4 Å². The lowest BCUT2D eigenvalue weighted by Gasteiger charge is -2.34. The van der Waals surface area contributed by atoms with Crippen LogP contribution in [-0.2, 0) is 0 Å². The lowest BCUT2D eigenvalue weighted by molar-refractivity contribution is 0.0234. The fraction of sp³-hybridized carbons (Fsp3) is 0.571. The summed E-state index contributed by atoms with van der Waals surface area (Å²) in [6.07, 6.45) is 0. The molecule has 0 amide bonds. The summed E-state index contributed by atoms with van der Waals surface area (Å²) in [5.74, 6) is -0.259. The van der Waals surface area contributed by atoms with E-state index in [0.717, 1.165) is 12.1 Å². The lowest BCUT2D eigenvalue weighted by atomic mass is 10.0. The van der Waals surface area contributed by atoms with Gasteiger partial charge < -0.3 is 10.8 Å². The smallest absolute Gasteiger partial charge is 0.123 e. The van der Waals surface area contributed by atoms with E-state index in [-0.39, 0.29) is 11.9 Å². The van der Waals surface area contributed by atoms with Crippen LogP contribution in [0.25, 0.3) is 0 Å². The summed E-state index contributed by atoms with van der Waals surface area (Å²) in [7, 11) is 0. The number of hydrogen-bond donors (Lipinski definition) is 2. The Kier molecular flexibility index (Phi) is 5.26. The topological polar surface area (TPSA) is 49.5 Å². The van der Waals surface area contributed by atoms with Gasteiger partial charge in [0, 0.05) is 19.1 Å². The van der Waals surface area contributed by atoms with Crippen molar-refractivity contribution in [3.05, 3.63) is 35.6 Å². The molecule has 1 aromatic rings. The van der Waals surface area contributed by atoms with Gasteiger partial charge in [0.1, 0.15) is 5.82 Å². The molecule has 1 unspecified atom stereocenters. The van der Waals surface area contributed by atoms with Crippen LogP contribution in [0.5, 0.6) is 0 Å². The van der Waals surface area contributed by atoms with Crippen LogP contribution in [0.2, 0.25) is 0 Å². The molecular formula is C14H23FN2O. The maximum Gasteiger partial charge on any atom is 0.123 e. The summed E-state index contributed by atoms with van der Waals surface area (Å²) in [6, 6.07) is 6.41. The van der Waals surface area contributed by atoms with Gasteiger partial charge in [-0.15, -0.1) is 0 Å². The molecule has 1 rings (SSSR count). The van der Waals surface area contributed by atoms with Gasteiger partial charge in [0.05, 0.1) is 5.60 Å². The minimum atomic E-state index is -0.795. The molecule has 4 heteroatoms. The maximum atomic E-state index is 13.3. The summed E-state index contributed by atoms with van der Waals surface area (Å²) in [5.41, 5.74) is 5.86. The third-order valence-corrected chi connectivity index (χ3v) is 2.89. The number of aliphatic hydroxyl groups is 1. The second-order valence-corrected chi connectivity index (χ2v) is 5.18. The van der Waals surface area contributed by atoms with E-state index in [4.69, 9.17) is 5.73 Å². The second-order valence-electron chi connectivity index (χ2n) is 5.18. The van der Waals surface area contributed by atoms with E-state index >= 15 is 0 Å². The van der Waals surface area contributed by atoms with Gasteiger partial charge in [-0.25, -0.2) is 4.39 Å². The molecule has 3 N–H and O–H groups in total. The van der Waals surface area contributed by atoms with E-state index in [0.29, 0.717) is 13.1 Å². The molecule has 0 aromatic heterocycles. The molecule has 0 aliphatic rings. The van der Waals surface area contributed by atoms with Gasteiger partial charge in [0.2, 0.25) is 0 Å². The van der Waals surface area contributed by atoms with Crippen LogP contribution in [0.4, 0.5) is 4.39 Å². The van der Waals surface area contributed by atoms with Crippen molar-refractivity contribution in [1.82, 2.24) is 4.90 Å². The molecule has 0 aliphatic heterocycles. The van der Waals surface area contributed by atoms with Gasteiger partial charge in [-0.1, -0.05) is 19.1 Å². The van der Waals surface area contributed by atoms with Crippen molar-refractivity contribution in [2.75, 3.05) is 19.6 Å². The van der Waals surface area contributed by atoms with Crippen molar-refractivity contribution in [1.29, 1.82) is 0 Å². The predicted octanol–water partition coefficient (Wildman–Crippen LogP) is 1.92. The largest absolute Gasteiger partial charge is 0.389 e. The highest BCUT2D eigenvalue weighted by molar-refractivity contribution is 5.20. The van der Waals surface area contributed by atoms with Crippen LogP contribution in [0.3, 0.4) is 0 Å². The van der Waals surface area contributed by atoms with Gasteiger partial charge >= 0.3 is 0 Å². The number of hydrogen-bond acceptors (Lipinski definition) is 3. The van der Waals surface area contributed by atoms with Crippen molar-refractivity contribution in [2.45, 2.75) is 32.4 Å². The van der Waals surface area contributed by atoms with E-state index < -0.39 is 5.60 Å². The summed E-state index contributed by atoms with van der Waals surface area (Å²) in [5, 5.41) is 9.91. The predicted molar refractivity (Wildman–Crippen MR) is 71.7 cm³/mol. The summed E-state index contributed by atoms with van der Waals surface area (Å²) in [4.78, 5) is 2.06. The Morgan fingerprint density at radius 1 is 1.44 bits per heavy atom. The monoisotopic (exact) mass is 254 g/mol. The Bertz CT molecular complexity index is 376. The fourth-order valence-electron chi connectivity index (χ4n) is 2.15. The van der Waals surface area contributed by atoms with E-state index in [1.165, 1.54) is 12.1 Å². The second kappa shape index (κ2) is 6.27. The highest BCUT2D eigenvalue weighted by Crippen LogP contribution is 2.22. The van der Waals surface area contributed by atoms with Gasteiger partial charge in [0.15, 0.2) is 0 Å². The minimum Gasteiger partial charge on any atom is -0.389 e. The highest BCUT2D eigenvalue weighted by Gasteiger charge is 2.24. The number of nitrogens with zero attached hydrogens (tertiary/aromatic N) is 1. The molecule has 18 heavy (non-hydrogen) atoms. The SMILES string of the molecule is CCN(CC(C)(C)O)C(CN)c1cccc(F)c1. The summed E-state index contributed by atoms with van der Waals surface area (Å²) >= 11 is 0. The van der Waals surface area contributed by atoms with Crippen LogP contribution in [0, 0.1) is 5.82 Å². The summed E-state index contributed by atoms with van der Waals surface area (Å²) < 4.78 is 13.3. The quantitative estimate of drug-likeness (QED) is 0.815. The van der Waals surface area contributed by atoms with E-state index in [1.807, 2.05) is 13.0 Å². The molecule has 0 saturated heterocycles. The van der Waals surface area contributed by atoms with Crippen molar-refractivity contribution in [3.8, 4) is 0 Å². The maximum absolute atomic E-state index is 13.3. The number of likely N-dealkylation sites (N-methyl/N-ethyl adjacent to an activating group) is 1. The number of nitrogens with two attached hydrogens (primary N) is 1. The Morgan fingerprint density at radius 3 is 2.56 bits per heavy atom. The van der Waals surface area contributed by atoms with Crippen LogP contribution in [-0.4, -0.2) is 35.2 Å². The average molecular weight is 254 g/mol. The molecule has 0 aliphatic carbocycles. The van der Waals surface area contributed by atoms with Crippen molar-refractivity contribution in [3.63, 3.8) is 0 Å². The van der Waals surface area contributed by atoms with E-state index in [2.05, 4.69) is 4.90 Å². The Hall–Kier alpha value is -0.970. The Morgan fingerprint density at radius 2 is 2.11 bits per heavy atom. The normalized spacial score (nSPS) is 13.9. The van der Waals surface area contributed by atoms with Gasteiger partial charge in [-0.3, -0.25) is 4.90 Å². The van der Waals surface area contributed by atoms with Gasteiger partial charge in [-0.05, 0) is 38.1 Å². The third kappa shape index (κ3) is 4.37.